The maximum Gasteiger partial charge on any atom is 0.326 e. The van der Waals surface area contributed by atoms with Gasteiger partial charge in [0.2, 0.25) is 0 Å². The minimum atomic E-state index is -0.670. The number of nitrogens with one attached hydrogen (secondary N) is 1. The Kier molecular flexibility index (Phi) is 8.72. The number of benzene rings is 1. The predicted octanol–water partition coefficient (Wildman–Crippen LogP) is 2.03. The van der Waals surface area contributed by atoms with Crippen molar-refractivity contribution >= 4 is 34.6 Å². The fourth-order valence-electron chi connectivity index (χ4n) is 3.35. The van der Waals surface area contributed by atoms with Crippen LogP contribution in [0.2, 0.25) is 0 Å². The number of rotatable bonds is 10. The molecule has 1 fully saturated rings. The van der Waals surface area contributed by atoms with Gasteiger partial charge in [0.15, 0.2) is 6.61 Å². The number of nitrogens with zero attached hydrogens (tertiary/aromatic N) is 2. The van der Waals surface area contributed by atoms with Crippen LogP contribution in [0.5, 0.6) is 11.5 Å². The summed E-state index contributed by atoms with van der Waals surface area (Å²) in [6.45, 7) is 8.29. The number of ether oxygens (including phenoxy) is 4. The lowest BCUT2D eigenvalue weighted by atomic mass is 10.2. The van der Waals surface area contributed by atoms with Gasteiger partial charge in [-0.25, -0.2) is 0 Å². The zero-order chi connectivity index (χ0) is 23.8. The summed E-state index contributed by atoms with van der Waals surface area (Å²) in [5, 5.41) is 4.39. The number of carbonyl (C=O) groups is 2. The Balaban J connectivity index is 1.70. The number of morpholine rings is 1. The van der Waals surface area contributed by atoms with Gasteiger partial charge in [-0.2, -0.15) is 0 Å². The van der Waals surface area contributed by atoms with Gasteiger partial charge in [0.25, 0.3) is 5.91 Å². The Bertz CT molecular complexity index is 1030. The predicted molar refractivity (Wildman–Crippen MR) is 125 cm³/mol. The second-order valence-corrected chi connectivity index (χ2v) is 8.04. The second-order valence-electron chi connectivity index (χ2n) is 7.22. The molecule has 1 aliphatic rings. The lowest BCUT2D eigenvalue weighted by Crippen LogP contribution is -2.36. The Morgan fingerprint density at radius 3 is 2.45 bits per heavy atom. The highest BCUT2D eigenvalue weighted by atomic mass is 32.1. The van der Waals surface area contributed by atoms with Crippen molar-refractivity contribution in [2.75, 3.05) is 56.3 Å². The van der Waals surface area contributed by atoms with E-state index in [9.17, 15) is 14.4 Å². The van der Waals surface area contributed by atoms with Crippen LogP contribution in [0.15, 0.2) is 22.3 Å². The van der Waals surface area contributed by atoms with E-state index in [1.54, 1.807) is 18.4 Å². The molecule has 0 unspecified atom stereocenters. The molecule has 0 atom stereocenters. The van der Waals surface area contributed by atoms with Crippen LogP contribution in [0.1, 0.15) is 19.5 Å². The fraction of sp³-hybridized carbons (Fsp3) is 0.500. The van der Waals surface area contributed by atoms with Crippen molar-refractivity contribution in [2.24, 2.45) is 0 Å². The molecule has 180 valence electrons. The third kappa shape index (κ3) is 6.48. The van der Waals surface area contributed by atoms with E-state index in [2.05, 4.69) is 10.2 Å². The van der Waals surface area contributed by atoms with Crippen molar-refractivity contribution in [3.05, 3.63) is 32.9 Å². The van der Waals surface area contributed by atoms with Crippen molar-refractivity contribution < 1.29 is 28.5 Å². The van der Waals surface area contributed by atoms with Gasteiger partial charge in [0.1, 0.15) is 18.0 Å². The third-order valence-corrected chi connectivity index (χ3v) is 5.80. The molecule has 0 radical (unpaired) electrons. The van der Waals surface area contributed by atoms with Crippen LogP contribution in [-0.2, 0) is 25.6 Å². The number of hydrogen-bond donors (Lipinski definition) is 1. The molecule has 1 saturated heterocycles. The molecule has 2 heterocycles. The van der Waals surface area contributed by atoms with Gasteiger partial charge in [0, 0.05) is 36.3 Å². The lowest BCUT2D eigenvalue weighted by molar-refractivity contribution is -0.147. The summed E-state index contributed by atoms with van der Waals surface area (Å²) >= 11 is 1.01. The van der Waals surface area contributed by atoms with Crippen LogP contribution in [0.4, 0.5) is 11.4 Å². The smallest absolute Gasteiger partial charge is 0.326 e. The molecule has 10 nitrogen and oxygen atoms in total. The van der Waals surface area contributed by atoms with Crippen molar-refractivity contribution in [1.82, 2.24) is 4.57 Å². The minimum absolute atomic E-state index is 0.242. The first-order chi connectivity index (χ1) is 15.9. The first-order valence-corrected chi connectivity index (χ1v) is 11.7. The summed E-state index contributed by atoms with van der Waals surface area (Å²) in [6, 6.07) is 3.56. The van der Waals surface area contributed by atoms with Gasteiger partial charge < -0.3 is 29.2 Å². The minimum Gasteiger partial charge on any atom is -0.492 e. The average molecular weight is 480 g/mol. The van der Waals surface area contributed by atoms with E-state index in [-0.39, 0.29) is 11.4 Å². The summed E-state index contributed by atoms with van der Waals surface area (Å²) in [7, 11) is 0. The maximum absolute atomic E-state index is 12.5. The van der Waals surface area contributed by atoms with Gasteiger partial charge >= 0.3 is 10.8 Å². The summed E-state index contributed by atoms with van der Waals surface area (Å²) in [4.78, 5) is 38.2. The summed E-state index contributed by atoms with van der Waals surface area (Å²) in [5.74, 6) is -0.0956. The molecule has 1 aliphatic heterocycles. The highest BCUT2D eigenvalue weighted by Crippen LogP contribution is 2.39. The first kappa shape index (κ1) is 24.6. The van der Waals surface area contributed by atoms with Gasteiger partial charge in [-0.1, -0.05) is 11.3 Å². The van der Waals surface area contributed by atoms with Crippen LogP contribution < -0.4 is 24.6 Å². The van der Waals surface area contributed by atoms with E-state index in [0.29, 0.717) is 49.3 Å². The monoisotopic (exact) mass is 479 g/mol. The van der Waals surface area contributed by atoms with Crippen LogP contribution in [0.25, 0.3) is 0 Å². The molecular weight excluding hydrogens is 450 g/mol. The summed E-state index contributed by atoms with van der Waals surface area (Å²) in [6.07, 6.45) is 0. The second kappa shape index (κ2) is 11.7. The molecule has 11 heteroatoms. The van der Waals surface area contributed by atoms with Crippen LogP contribution in [0.3, 0.4) is 0 Å². The molecule has 3 rings (SSSR count). The van der Waals surface area contributed by atoms with Gasteiger partial charge in [-0.05, 0) is 20.8 Å². The number of amides is 1. The Labute approximate surface area is 196 Å². The number of esters is 1. The van der Waals surface area contributed by atoms with Crippen molar-refractivity contribution in [1.29, 1.82) is 0 Å². The Hall–Kier alpha value is -3.05. The molecule has 1 amide bonds. The number of aromatic nitrogens is 1. The SMILES string of the molecule is CCOc1cc(N2CCOCC2)c(OCC)cc1NC(=O)COC(=O)Cn1c(C)csc1=O. The van der Waals surface area contributed by atoms with Gasteiger partial charge in [-0.3, -0.25) is 19.0 Å². The highest BCUT2D eigenvalue weighted by molar-refractivity contribution is 7.07. The molecule has 0 aliphatic carbocycles. The van der Waals surface area contributed by atoms with Gasteiger partial charge in [-0.15, -0.1) is 0 Å². The number of hydrogen-bond acceptors (Lipinski definition) is 9. The number of aryl methyl sites for hydroxylation is 1. The van der Waals surface area contributed by atoms with Crippen molar-refractivity contribution in [2.45, 2.75) is 27.3 Å². The molecule has 0 spiro atoms. The molecule has 0 saturated carbocycles. The van der Waals surface area contributed by atoms with E-state index >= 15 is 0 Å². The molecule has 1 aromatic carbocycles. The number of carbonyl (C=O) groups excluding carboxylic acids is 2. The van der Waals surface area contributed by atoms with E-state index in [0.717, 1.165) is 30.1 Å². The van der Waals surface area contributed by atoms with Crippen molar-refractivity contribution in [3.8, 4) is 11.5 Å². The van der Waals surface area contributed by atoms with E-state index in [4.69, 9.17) is 18.9 Å². The maximum atomic E-state index is 12.5. The Morgan fingerprint density at radius 2 is 1.82 bits per heavy atom. The van der Waals surface area contributed by atoms with Crippen LogP contribution in [-0.4, -0.2) is 62.6 Å². The van der Waals surface area contributed by atoms with Crippen LogP contribution in [0, 0.1) is 6.92 Å². The fourth-order valence-corrected chi connectivity index (χ4v) is 4.08. The van der Waals surface area contributed by atoms with E-state index in [1.807, 2.05) is 19.9 Å². The average Bonchev–Trinajstić information content (AvgIpc) is 3.12. The normalized spacial score (nSPS) is 13.5. The third-order valence-electron chi connectivity index (χ3n) is 4.91. The molecule has 2 aromatic rings. The zero-order valence-corrected chi connectivity index (χ0v) is 19.9. The standard InChI is InChI=1S/C22H29N3O7S/c1-4-30-18-11-17(24-6-8-29-9-7-24)19(31-5-2)10-16(18)23-20(26)13-32-21(27)12-25-15(3)14-33-22(25)28/h10-11,14H,4-9,12-13H2,1-3H3,(H,23,26). The Morgan fingerprint density at radius 1 is 1.12 bits per heavy atom. The molecular formula is C22H29N3O7S. The highest BCUT2D eigenvalue weighted by Gasteiger charge is 2.21. The summed E-state index contributed by atoms with van der Waals surface area (Å²) in [5.41, 5.74) is 1.95. The zero-order valence-electron chi connectivity index (χ0n) is 19.0. The largest absolute Gasteiger partial charge is 0.492 e. The first-order valence-electron chi connectivity index (χ1n) is 10.8. The lowest BCUT2D eigenvalue weighted by Gasteiger charge is -2.31. The van der Waals surface area contributed by atoms with Crippen molar-refractivity contribution in [3.63, 3.8) is 0 Å². The topological polar surface area (TPSA) is 108 Å². The number of thiazole rings is 1. The van der Waals surface area contributed by atoms with E-state index < -0.39 is 18.5 Å². The van der Waals surface area contributed by atoms with Crippen LogP contribution >= 0.6 is 11.3 Å². The summed E-state index contributed by atoms with van der Waals surface area (Å²) < 4.78 is 23.4. The molecule has 1 aromatic heterocycles. The number of anilines is 2. The molecule has 33 heavy (non-hydrogen) atoms. The molecule has 1 N–H and O–H groups in total. The molecule has 0 bridgehead atoms. The quantitative estimate of drug-likeness (QED) is 0.516. The van der Waals surface area contributed by atoms with Gasteiger partial charge in [0.05, 0.1) is 37.8 Å². The van der Waals surface area contributed by atoms with E-state index in [1.165, 1.54) is 4.57 Å².